The summed E-state index contributed by atoms with van der Waals surface area (Å²) in [5, 5.41) is 20.7. The third-order valence-corrected chi connectivity index (χ3v) is 6.12. The van der Waals surface area contributed by atoms with Crippen LogP contribution in [0.25, 0.3) is 0 Å². The van der Waals surface area contributed by atoms with Crippen LogP contribution in [0.15, 0.2) is 23.8 Å². The van der Waals surface area contributed by atoms with E-state index >= 15 is 0 Å². The molecule has 1 saturated carbocycles. The summed E-state index contributed by atoms with van der Waals surface area (Å²) in [6.07, 6.45) is 13.9. The maximum atomic E-state index is 10.9. The second-order valence-electron chi connectivity index (χ2n) is 8.49. The summed E-state index contributed by atoms with van der Waals surface area (Å²) in [7, 11) is 0. The Balaban J connectivity index is 1.82. The molecule has 0 aromatic rings. The van der Waals surface area contributed by atoms with Crippen molar-refractivity contribution < 1.29 is 15.0 Å². The standard InChI is InChI=1S/C22H37NO3/c1-3-4-6-15(2)11-18(24)9-10-19-20-13-16(7-5-8-22(23)26)12-17(20)14-21(19)25/h9-10,12,15,17-21,24-25H,3-8,11,13-14H2,1-2H3,(H2,23,26)/t15-,17-,18+,19+,20-,21+/m0/s1. The molecule has 0 aliphatic heterocycles. The molecule has 0 aromatic carbocycles. The second-order valence-corrected chi connectivity index (χ2v) is 8.49. The van der Waals surface area contributed by atoms with E-state index in [0.29, 0.717) is 24.2 Å². The van der Waals surface area contributed by atoms with Crippen molar-refractivity contribution in [2.75, 3.05) is 0 Å². The molecule has 1 amide bonds. The number of carbonyl (C=O) groups is 1. The molecular weight excluding hydrogens is 326 g/mol. The summed E-state index contributed by atoms with van der Waals surface area (Å²) < 4.78 is 0. The number of rotatable bonds is 11. The quantitative estimate of drug-likeness (QED) is 0.489. The van der Waals surface area contributed by atoms with E-state index < -0.39 is 6.10 Å². The highest BCUT2D eigenvalue weighted by Crippen LogP contribution is 2.48. The topological polar surface area (TPSA) is 83.5 Å². The van der Waals surface area contributed by atoms with Gasteiger partial charge in [0.25, 0.3) is 0 Å². The van der Waals surface area contributed by atoms with Gasteiger partial charge in [-0.15, -0.1) is 0 Å². The Hall–Kier alpha value is -1.13. The van der Waals surface area contributed by atoms with Crippen LogP contribution >= 0.6 is 0 Å². The predicted octanol–water partition coefficient (Wildman–Crippen LogP) is 3.72. The first kappa shape index (κ1) is 21.2. The van der Waals surface area contributed by atoms with Crippen LogP contribution in [0.4, 0.5) is 0 Å². The molecule has 4 N–H and O–H groups in total. The monoisotopic (exact) mass is 363 g/mol. The van der Waals surface area contributed by atoms with Crippen LogP contribution in [-0.2, 0) is 4.79 Å². The molecule has 2 rings (SSSR count). The Bertz CT molecular complexity index is 514. The summed E-state index contributed by atoms with van der Waals surface area (Å²) in [5.41, 5.74) is 6.62. The third-order valence-electron chi connectivity index (χ3n) is 6.12. The predicted molar refractivity (Wildman–Crippen MR) is 105 cm³/mol. The minimum Gasteiger partial charge on any atom is -0.392 e. The lowest BCUT2D eigenvalue weighted by atomic mass is 9.88. The first-order chi connectivity index (χ1) is 12.4. The number of aliphatic hydroxyl groups excluding tert-OH is 2. The number of hydrogen-bond acceptors (Lipinski definition) is 3. The molecule has 0 bridgehead atoms. The Morgan fingerprint density at radius 2 is 2.19 bits per heavy atom. The van der Waals surface area contributed by atoms with E-state index in [1.165, 1.54) is 18.4 Å². The molecule has 0 radical (unpaired) electrons. The SMILES string of the molecule is CCCC[C@H](C)C[C@H](O)C=C[C@@H]1[C@H]2CC(CCCC(N)=O)=C[C@H]2C[C@H]1O. The van der Waals surface area contributed by atoms with Crippen LogP contribution in [0.2, 0.25) is 0 Å². The summed E-state index contributed by atoms with van der Waals surface area (Å²) in [4.78, 5) is 10.9. The summed E-state index contributed by atoms with van der Waals surface area (Å²) in [6, 6.07) is 0. The van der Waals surface area contributed by atoms with Gasteiger partial charge in [0.1, 0.15) is 0 Å². The summed E-state index contributed by atoms with van der Waals surface area (Å²) in [6.45, 7) is 4.39. The Kier molecular flexibility index (Phi) is 8.36. The molecule has 0 aromatic heterocycles. The molecule has 2 aliphatic carbocycles. The Labute approximate surface area is 158 Å². The maximum absolute atomic E-state index is 10.9. The van der Waals surface area contributed by atoms with Gasteiger partial charge in [-0.05, 0) is 49.9 Å². The number of fused-ring (bicyclic) bond motifs is 1. The van der Waals surface area contributed by atoms with Gasteiger partial charge in [0.15, 0.2) is 0 Å². The highest BCUT2D eigenvalue weighted by atomic mass is 16.3. The summed E-state index contributed by atoms with van der Waals surface area (Å²) in [5.74, 6) is 1.30. The van der Waals surface area contributed by atoms with Gasteiger partial charge >= 0.3 is 0 Å². The smallest absolute Gasteiger partial charge is 0.217 e. The first-order valence-corrected chi connectivity index (χ1v) is 10.4. The molecule has 4 heteroatoms. The maximum Gasteiger partial charge on any atom is 0.217 e. The lowest BCUT2D eigenvalue weighted by Gasteiger charge is -2.19. The zero-order valence-corrected chi connectivity index (χ0v) is 16.4. The van der Waals surface area contributed by atoms with Gasteiger partial charge in [-0.2, -0.15) is 0 Å². The molecule has 4 nitrogen and oxygen atoms in total. The average Bonchev–Trinajstić information content (AvgIpc) is 3.07. The van der Waals surface area contributed by atoms with E-state index in [9.17, 15) is 15.0 Å². The van der Waals surface area contributed by atoms with Crippen molar-refractivity contribution in [1.29, 1.82) is 0 Å². The average molecular weight is 364 g/mol. The molecule has 0 spiro atoms. The zero-order valence-electron chi connectivity index (χ0n) is 16.4. The van der Waals surface area contributed by atoms with Crippen molar-refractivity contribution in [2.24, 2.45) is 29.4 Å². The van der Waals surface area contributed by atoms with Crippen LogP contribution in [0.5, 0.6) is 0 Å². The van der Waals surface area contributed by atoms with Crippen molar-refractivity contribution in [2.45, 2.75) is 83.8 Å². The second kappa shape index (κ2) is 10.3. The van der Waals surface area contributed by atoms with Crippen LogP contribution in [-0.4, -0.2) is 28.3 Å². The fourth-order valence-corrected chi connectivity index (χ4v) is 4.70. The molecule has 148 valence electrons. The van der Waals surface area contributed by atoms with E-state index in [2.05, 4.69) is 26.0 Å². The van der Waals surface area contributed by atoms with Crippen molar-refractivity contribution in [3.8, 4) is 0 Å². The number of unbranched alkanes of at least 4 members (excludes halogenated alkanes) is 1. The minimum atomic E-state index is -0.419. The number of aliphatic hydroxyl groups is 2. The highest BCUT2D eigenvalue weighted by Gasteiger charge is 2.43. The zero-order chi connectivity index (χ0) is 19.1. The van der Waals surface area contributed by atoms with Gasteiger partial charge in [0.05, 0.1) is 12.2 Å². The number of hydrogen-bond donors (Lipinski definition) is 3. The highest BCUT2D eigenvalue weighted by molar-refractivity contribution is 5.73. The Morgan fingerprint density at radius 1 is 1.42 bits per heavy atom. The van der Waals surface area contributed by atoms with Gasteiger partial charge in [-0.3, -0.25) is 4.79 Å². The van der Waals surface area contributed by atoms with Crippen LogP contribution in [0.3, 0.4) is 0 Å². The molecule has 0 saturated heterocycles. The van der Waals surface area contributed by atoms with Crippen molar-refractivity contribution >= 4 is 5.91 Å². The van der Waals surface area contributed by atoms with Gasteiger partial charge in [-0.1, -0.05) is 56.9 Å². The van der Waals surface area contributed by atoms with E-state index in [1.54, 1.807) is 0 Å². The normalized spacial score (nSPS) is 30.4. The van der Waals surface area contributed by atoms with Gasteiger partial charge < -0.3 is 15.9 Å². The third kappa shape index (κ3) is 6.24. The van der Waals surface area contributed by atoms with E-state index in [-0.39, 0.29) is 17.9 Å². The number of amides is 1. The van der Waals surface area contributed by atoms with Crippen LogP contribution in [0.1, 0.15) is 71.6 Å². The van der Waals surface area contributed by atoms with E-state index in [1.807, 2.05) is 6.08 Å². The molecular formula is C22H37NO3. The number of primary amides is 1. The van der Waals surface area contributed by atoms with E-state index in [0.717, 1.165) is 38.5 Å². The van der Waals surface area contributed by atoms with Gasteiger partial charge in [0.2, 0.25) is 5.91 Å². The molecule has 2 aliphatic rings. The largest absolute Gasteiger partial charge is 0.392 e. The van der Waals surface area contributed by atoms with E-state index in [4.69, 9.17) is 5.73 Å². The molecule has 26 heavy (non-hydrogen) atoms. The molecule has 0 unspecified atom stereocenters. The first-order valence-electron chi connectivity index (χ1n) is 10.4. The summed E-state index contributed by atoms with van der Waals surface area (Å²) >= 11 is 0. The van der Waals surface area contributed by atoms with Gasteiger partial charge in [-0.25, -0.2) is 0 Å². The Morgan fingerprint density at radius 3 is 2.88 bits per heavy atom. The lowest BCUT2D eigenvalue weighted by molar-refractivity contribution is -0.118. The minimum absolute atomic E-state index is 0.130. The van der Waals surface area contributed by atoms with Crippen LogP contribution in [0, 0.1) is 23.7 Å². The number of allylic oxidation sites excluding steroid dienone is 2. The number of nitrogens with two attached hydrogens (primary N) is 1. The van der Waals surface area contributed by atoms with Crippen molar-refractivity contribution in [1.82, 2.24) is 0 Å². The number of carbonyl (C=O) groups excluding carboxylic acids is 1. The lowest BCUT2D eigenvalue weighted by Crippen LogP contribution is -2.18. The van der Waals surface area contributed by atoms with Crippen LogP contribution < -0.4 is 5.73 Å². The molecule has 0 heterocycles. The molecule has 6 atom stereocenters. The fourth-order valence-electron chi connectivity index (χ4n) is 4.70. The van der Waals surface area contributed by atoms with Crippen molar-refractivity contribution in [3.63, 3.8) is 0 Å². The van der Waals surface area contributed by atoms with Gasteiger partial charge in [0, 0.05) is 12.3 Å². The molecule has 1 fully saturated rings. The fraction of sp³-hybridized carbons (Fsp3) is 0.773. The van der Waals surface area contributed by atoms with Crippen molar-refractivity contribution in [3.05, 3.63) is 23.8 Å².